The maximum Gasteiger partial charge on any atom is 0.123 e. The Hall–Kier alpha value is -0.540. The first-order chi connectivity index (χ1) is 9.15. The number of hydrogen-bond donors (Lipinski definition) is 1. The number of nitrogens with one attached hydrogen (secondary N) is 1. The third-order valence-corrected chi connectivity index (χ3v) is 3.87. The zero-order chi connectivity index (χ0) is 15.4. The van der Waals surface area contributed by atoms with Gasteiger partial charge >= 0.3 is 0 Å². The summed E-state index contributed by atoms with van der Waals surface area (Å²) in [6, 6.07) is 6.28. The standard InChI is InChI=1S/C17H28BrNO/c1-7-20-15-9-8-13(18)12-14(15)17(5,6)10-11-19-16(2,3)4/h8-9,12,19H,7,10-11H2,1-6H3. The molecule has 1 aromatic carbocycles. The minimum Gasteiger partial charge on any atom is -0.494 e. The van der Waals surface area contributed by atoms with Crippen LogP contribution in [-0.2, 0) is 5.41 Å². The first-order valence-corrected chi connectivity index (χ1v) is 8.13. The fraction of sp³-hybridized carbons (Fsp3) is 0.647. The lowest BCUT2D eigenvalue weighted by molar-refractivity contribution is 0.320. The first kappa shape index (κ1) is 17.5. The largest absolute Gasteiger partial charge is 0.494 e. The van der Waals surface area contributed by atoms with Gasteiger partial charge in [-0.15, -0.1) is 0 Å². The zero-order valence-electron chi connectivity index (χ0n) is 13.6. The number of benzene rings is 1. The van der Waals surface area contributed by atoms with Crippen molar-refractivity contribution in [2.24, 2.45) is 0 Å². The molecule has 1 rings (SSSR count). The van der Waals surface area contributed by atoms with Gasteiger partial charge in [0.25, 0.3) is 0 Å². The Labute approximate surface area is 132 Å². The molecule has 0 aliphatic heterocycles. The molecule has 1 N–H and O–H groups in total. The van der Waals surface area contributed by atoms with Crippen LogP contribution in [0.4, 0.5) is 0 Å². The van der Waals surface area contributed by atoms with Gasteiger partial charge in [0, 0.05) is 15.6 Å². The molecule has 0 radical (unpaired) electrons. The third kappa shape index (κ3) is 5.45. The van der Waals surface area contributed by atoms with Crippen molar-refractivity contribution in [2.75, 3.05) is 13.2 Å². The monoisotopic (exact) mass is 341 g/mol. The first-order valence-electron chi connectivity index (χ1n) is 7.33. The molecule has 3 heteroatoms. The molecule has 0 saturated carbocycles. The topological polar surface area (TPSA) is 21.3 Å². The molecule has 1 aromatic rings. The van der Waals surface area contributed by atoms with Gasteiger partial charge in [-0.05, 0) is 64.3 Å². The molecule has 114 valence electrons. The van der Waals surface area contributed by atoms with E-state index >= 15 is 0 Å². The maximum atomic E-state index is 5.78. The Morgan fingerprint density at radius 2 is 1.80 bits per heavy atom. The molecule has 0 aliphatic rings. The van der Waals surface area contributed by atoms with Crippen LogP contribution >= 0.6 is 15.9 Å². The Kier molecular flexibility index (Phi) is 6.08. The smallest absolute Gasteiger partial charge is 0.123 e. The molecule has 0 fully saturated rings. The molecule has 2 nitrogen and oxygen atoms in total. The van der Waals surface area contributed by atoms with E-state index in [0.717, 1.165) is 23.2 Å². The van der Waals surface area contributed by atoms with Crippen molar-refractivity contribution >= 4 is 15.9 Å². The summed E-state index contributed by atoms with van der Waals surface area (Å²) in [4.78, 5) is 0. The molecular formula is C17H28BrNO. The number of rotatable bonds is 6. The van der Waals surface area contributed by atoms with Crippen LogP contribution in [0.5, 0.6) is 5.75 Å². The summed E-state index contributed by atoms with van der Waals surface area (Å²) in [6.07, 6.45) is 1.07. The van der Waals surface area contributed by atoms with Crippen molar-refractivity contribution in [1.29, 1.82) is 0 Å². The fourth-order valence-corrected chi connectivity index (χ4v) is 2.56. The van der Waals surface area contributed by atoms with E-state index in [0.29, 0.717) is 6.61 Å². The van der Waals surface area contributed by atoms with Crippen LogP contribution in [0.15, 0.2) is 22.7 Å². The highest BCUT2D eigenvalue weighted by molar-refractivity contribution is 9.10. The number of halogens is 1. The minimum atomic E-state index is 0.0759. The number of ether oxygens (including phenoxy) is 1. The van der Waals surface area contributed by atoms with Crippen LogP contribution in [0, 0.1) is 0 Å². The van der Waals surface area contributed by atoms with Crippen LogP contribution in [0.3, 0.4) is 0 Å². The van der Waals surface area contributed by atoms with E-state index in [4.69, 9.17) is 4.74 Å². The minimum absolute atomic E-state index is 0.0759. The molecule has 20 heavy (non-hydrogen) atoms. The lowest BCUT2D eigenvalue weighted by Gasteiger charge is -2.30. The second-order valence-electron chi connectivity index (χ2n) is 6.88. The predicted molar refractivity (Wildman–Crippen MR) is 90.7 cm³/mol. The van der Waals surface area contributed by atoms with E-state index in [1.54, 1.807) is 0 Å². The van der Waals surface area contributed by atoms with E-state index in [1.807, 2.05) is 13.0 Å². The van der Waals surface area contributed by atoms with Crippen molar-refractivity contribution in [1.82, 2.24) is 5.32 Å². The van der Waals surface area contributed by atoms with Gasteiger partial charge in [-0.3, -0.25) is 0 Å². The molecule has 0 unspecified atom stereocenters. The van der Waals surface area contributed by atoms with E-state index < -0.39 is 0 Å². The lowest BCUT2D eigenvalue weighted by atomic mass is 9.81. The lowest BCUT2D eigenvalue weighted by Crippen LogP contribution is -2.38. The van der Waals surface area contributed by atoms with Gasteiger partial charge in [0.2, 0.25) is 0 Å². The van der Waals surface area contributed by atoms with E-state index in [1.165, 1.54) is 5.56 Å². The molecule has 0 aliphatic carbocycles. The highest BCUT2D eigenvalue weighted by atomic mass is 79.9. The average molecular weight is 342 g/mol. The van der Waals surface area contributed by atoms with Crippen LogP contribution in [0.2, 0.25) is 0 Å². The van der Waals surface area contributed by atoms with Crippen molar-refractivity contribution < 1.29 is 4.74 Å². The summed E-state index contributed by atoms with van der Waals surface area (Å²) >= 11 is 3.57. The molecule has 0 aromatic heterocycles. The van der Waals surface area contributed by atoms with Crippen LogP contribution in [0.25, 0.3) is 0 Å². The second kappa shape index (κ2) is 6.95. The Morgan fingerprint density at radius 3 is 2.35 bits per heavy atom. The Morgan fingerprint density at radius 1 is 1.15 bits per heavy atom. The molecule has 0 spiro atoms. The predicted octanol–water partition coefficient (Wildman–Crippen LogP) is 4.90. The highest BCUT2D eigenvalue weighted by Gasteiger charge is 2.25. The van der Waals surface area contributed by atoms with E-state index in [9.17, 15) is 0 Å². The summed E-state index contributed by atoms with van der Waals surface area (Å²) in [5, 5.41) is 3.56. The normalized spacial score (nSPS) is 12.6. The third-order valence-electron chi connectivity index (χ3n) is 3.38. The number of hydrogen-bond acceptors (Lipinski definition) is 2. The molecule has 0 atom stereocenters. The van der Waals surface area contributed by atoms with Gasteiger partial charge in [0.05, 0.1) is 6.61 Å². The van der Waals surface area contributed by atoms with E-state index in [-0.39, 0.29) is 11.0 Å². The van der Waals surface area contributed by atoms with Gasteiger partial charge < -0.3 is 10.1 Å². The van der Waals surface area contributed by atoms with Crippen molar-refractivity contribution in [3.63, 3.8) is 0 Å². The molecule has 0 bridgehead atoms. The summed E-state index contributed by atoms with van der Waals surface area (Å²) in [5.74, 6) is 0.997. The summed E-state index contributed by atoms with van der Waals surface area (Å²) in [5.41, 5.74) is 1.51. The zero-order valence-corrected chi connectivity index (χ0v) is 15.2. The summed E-state index contributed by atoms with van der Waals surface area (Å²) in [7, 11) is 0. The fourth-order valence-electron chi connectivity index (χ4n) is 2.20. The second-order valence-corrected chi connectivity index (χ2v) is 7.80. The molecule has 0 heterocycles. The molecule has 0 saturated heterocycles. The summed E-state index contributed by atoms with van der Waals surface area (Å²) < 4.78 is 6.89. The SMILES string of the molecule is CCOc1ccc(Br)cc1C(C)(C)CCNC(C)(C)C. The van der Waals surface area contributed by atoms with Gasteiger partial charge in [0.15, 0.2) is 0 Å². The average Bonchev–Trinajstić information content (AvgIpc) is 2.29. The van der Waals surface area contributed by atoms with Gasteiger partial charge in [-0.1, -0.05) is 29.8 Å². The van der Waals surface area contributed by atoms with Gasteiger partial charge in [0.1, 0.15) is 5.75 Å². The Bertz CT molecular complexity index is 435. The van der Waals surface area contributed by atoms with Crippen LogP contribution in [0.1, 0.15) is 53.5 Å². The molecular weight excluding hydrogens is 314 g/mol. The van der Waals surface area contributed by atoms with Gasteiger partial charge in [-0.2, -0.15) is 0 Å². The van der Waals surface area contributed by atoms with Crippen molar-refractivity contribution in [3.05, 3.63) is 28.2 Å². The summed E-state index contributed by atoms with van der Waals surface area (Å²) in [6.45, 7) is 14.9. The quantitative estimate of drug-likeness (QED) is 0.794. The Balaban J connectivity index is 2.87. The van der Waals surface area contributed by atoms with Crippen molar-refractivity contribution in [3.8, 4) is 5.75 Å². The maximum absolute atomic E-state index is 5.78. The van der Waals surface area contributed by atoms with E-state index in [2.05, 4.69) is 68.0 Å². The van der Waals surface area contributed by atoms with Crippen LogP contribution < -0.4 is 10.1 Å². The van der Waals surface area contributed by atoms with Crippen molar-refractivity contribution in [2.45, 2.75) is 58.9 Å². The van der Waals surface area contributed by atoms with Gasteiger partial charge in [-0.25, -0.2) is 0 Å². The highest BCUT2D eigenvalue weighted by Crippen LogP contribution is 2.36. The molecule has 0 amide bonds. The van der Waals surface area contributed by atoms with Crippen LogP contribution in [-0.4, -0.2) is 18.7 Å².